The van der Waals surface area contributed by atoms with Crippen LogP contribution in [0, 0.1) is 0 Å². The van der Waals surface area contributed by atoms with Crippen molar-refractivity contribution in [1.29, 1.82) is 0 Å². The molecular formula is C23H26ClF3N4O5S. The fourth-order valence-electron chi connectivity index (χ4n) is 4.42. The van der Waals surface area contributed by atoms with Gasteiger partial charge in [0.25, 0.3) is 11.8 Å². The molecule has 1 aliphatic heterocycles. The van der Waals surface area contributed by atoms with Crippen molar-refractivity contribution in [1.82, 2.24) is 19.8 Å². The first-order valence-corrected chi connectivity index (χ1v) is 13.3. The molecule has 0 unspecified atom stereocenters. The molecule has 4 rings (SSSR count). The number of nitrogens with zero attached hydrogens (tertiary/aromatic N) is 3. The third kappa shape index (κ3) is 4.84. The Morgan fingerprint density at radius 1 is 1.19 bits per heavy atom. The summed E-state index contributed by atoms with van der Waals surface area (Å²) >= 11 is 5.83. The molecule has 2 aliphatic rings. The number of imidazole rings is 1. The number of benzene rings is 1. The molecule has 1 fully saturated rings. The van der Waals surface area contributed by atoms with Gasteiger partial charge in [-0.2, -0.15) is 13.2 Å². The number of aliphatic hydroxyl groups excluding tert-OH is 1. The second-order valence-electron chi connectivity index (χ2n) is 9.92. The van der Waals surface area contributed by atoms with Crippen molar-refractivity contribution < 1.29 is 36.3 Å². The third-order valence-corrected chi connectivity index (χ3v) is 10.4. The number of hydrogen-bond acceptors (Lipinski definition) is 6. The Hall–Kier alpha value is -2.64. The molecule has 1 aliphatic carbocycles. The van der Waals surface area contributed by atoms with Crippen LogP contribution in [-0.4, -0.2) is 69.0 Å². The minimum atomic E-state index is -5.02. The van der Waals surface area contributed by atoms with Crippen molar-refractivity contribution in [2.24, 2.45) is 0 Å². The van der Waals surface area contributed by atoms with Gasteiger partial charge in [-0.25, -0.2) is 13.4 Å². The first-order valence-electron chi connectivity index (χ1n) is 11.5. The average molecular weight is 563 g/mol. The van der Waals surface area contributed by atoms with Gasteiger partial charge in [0, 0.05) is 31.2 Å². The maximum Gasteiger partial charge on any atom is 0.435 e. The monoisotopic (exact) mass is 562 g/mol. The highest BCUT2D eigenvalue weighted by atomic mass is 35.5. The van der Waals surface area contributed by atoms with E-state index in [4.69, 9.17) is 11.6 Å². The molecule has 0 bridgehead atoms. The SMILES string of the molecule is CC(C)(CO)S(=O)(=O)C1(CN2CCn3c(C(=O)NCc4ccc(Cl)cc4)nc(C(F)(F)F)c3C2=O)CC1. The number of carbonyl (C=O) groups excluding carboxylic acids is 2. The summed E-state index contributed by atoms with van der Waals surface area (Å²) in [4.78, 5) is 30.6. The Bertz CT molecular complexity index is 1340. The van der Waals surface area contributed by atoms with E-state index < -0.39 is 61.1 Å². The number of nitrogens with one attached hydrogen (secondary N) is 1. The molecule has 14 heteroatoms. The summed E-state index contributed by atoms with van der Waals surface area (Å²) in [6, 6.07) is 6.49. The van der Waals surface area contributed by atoms with E-state index in [1.165, 1.54) is 13.8 Å². The van der Waals surface area contributed by atoms with Gasteiger partial charge in [0.1, 0.15) is 5.69 Å². The van der Waals surface area contributed by atoms with Crippen molar-refractivity contribution in [3.8, 4) is 0 Å². The maximum atomic E-state index is 13.9. The number of sulfone groups is 1. The number of halogens is 4. The molecule has 0 saturated heterocycles. The molecule has 1 saturated carbocycles. The van der Waals surface area contributed by atoms with Crippen LogP contribution >= 0.6 is 11.6 Å². The van der Waals surface area contributed by atoms with Crippen LogP contribution in [-0.2, 0) is 29.1 Å². The zero-order valence-electron chi connectivity index (χ0n) is 20.1. The van der Waals surface area contributed by atoms with E-state index in [1.807, 2.05) is 0 Å². The van der Waals surface area contributed by atoms with Crippen molar-refractivity contribution in [3.63, 3.8) is 0 Å². The third-order valence-electron chi connectivity index (χ3n) is 6.85. The summed E-state index contributed by atoms with van der Waals surface area (Å²) in [6.45, 7) is 1.52. The smallest absolute Gasteiger partial charge is 0.395 e. The second kappa shape index (κ2) is 9.28. The van der Waals surface area contributed by atoms with E-state index in [1.54, 1.807) is 24.3 Å². The summed E-state index contributed by atoms with van der Waals surface area (Å²) in [5, 5.41) is 12.6. The number of amides is 2. The van der Waals surface area contributed by atoms with E-state index in [-0.39, 0.29) is 39.0 Å². The lowest BCUT2D eigenvalue weighted by molar-refractivity contribution is -0.141. The first kappa shape index (κ1) is 27.4. The number of fused-ring (bicyclic) bond motifs is 1. The second-order valence-corrected chi connectivity index (χ2v) is 13.3. The van der Waals surface area contributed by atoms with E-state index >= 15 is 0 Å². The standard InChI is InChI=1S/C23H26ClF3N4O5S/c1-21(2,13-32)37(35,36)22(7-8-22)12-30-9-10-31-16(20(30)34)17(23(25,26)27)29-18(31)19(33)28-11-14-3-5-15(24)6-4-14/h3-6,32H,7-13H2,1-2H3,(H,28,33). The van der Waals surface area contributed by atoms with Crippen LogP contribution in [0.3, 0.4) is 0 Å². The van der Waals surface area contributed by atoms with Gasteiger partial charge in [0.15, 0.2) is 21.4 Å². The van der Waals surface area contributed by atoms with Gasteiger partial charge in [-0.05, 0) is 44.4 Å². The zero-order valence-corrected chi connectivity index (χ0v) is 21.7. The van der Waals surface area contributed by atoms with Crippen molar-refractivity contribution in [2.45, 2.75) is 55.4 Å². The highest BCUT2D eigenvalue weighted by Crippen LogP contribution is 2.49. The lowest BCUT2D eigenvalue weighted by Crippen LogP contribution is -2.52. The molecule has 0 radical (unpaired) electrons. The highest BCUT2D eigenvalue weighted by Gasteiger charge is 2.61. The summed E-state index contributed by atoms with van der Waals surface area (Å²) in [5.41, 5.74) is -1.64. The lowest BCUT2D eigenvalue weighted by atomic mass is 10.2. The summed E-state index contributed by atoms with van der Waals surface area (Å²) in [5.74, 6) is -2.50. The van der Waals surface area contributed by atoms with E-state index in [9.17, 15) is 36.3 Å². The number of aliphatic hydroxyl groups is 1. The van der Waals surface area contributed by atoms with Crippen molar-refractivity contribution in [2.75, 3.05) is 19.7 Å². The molecule has 202 valence electrons. The van der Waals surface area contributed by atoms with Crippen LogP contribution in [0.1, 0.15) is 59.1 Å². The Morgan fingerprint density at radius 2 is 1.81 bits per heavy atom. The highest BCUT2D eigenvalue weighted by molar-refractivity contribution is 7.94. The summed E-state index contributed by atoms with van der Waals surface area (Å²) in [6.07, 6.45) is -4.56. The molecule has 0 atom stereocenters. The molecule has 2 amide bonds. The maximum absolute atomic E-state index is 13.9. The Balaban J connectivity index is 1.61. The van der Waals surface area contributed by atoms with Crippen LogP contribution in [0.15, 0.2) is 24.3 Å². The Morgan fingerprint density at radius 3 is 2.35 bits per heavy atom. The van der Waals surface area contributed by atoms with Crippen LogP contribution < -0.4 is 5.32 Å². The summed E-state index contributed by atoms with van der Waals surface area (Å²) in [7, 11) is -3.92. The number of rotatable bonds is 8. The summed E-state index contributed by atoms with van der Waals surface area (Å²) < 4.78 is 66.1. The van der Waals surface area contributed by atoms with Crippen molar-refractivity contribution in [3.05, 3.63) is 52.1 Å². The predicted molar refractivity (Wildman–Crippen MR) is 128 cm³/mol. The molecule has 9 nitrogen and oxygen atoms in total. The molecule has 37 heavy (non-hydrogen) atoms. The van der Waals surface area contributed by atoms with Gasteiger partial charge in [0.05, 0.1) is 16.1 Å². The lowest BCUT2D eigenvalue weighted by Gasteiger charge is -2.35. The van der Waals surface area contributed by atoms with E-state index in [2.05, 4.69) is 10.3 Å². The minimum Gasteiger partial charge on any atom is -0.395 e. The van der Waals surface area contributed by atoms with Crippen LogP contribution in [0.25, 0.3) is 0 Å². The van der Waals surface area contributed by atoms with Gasteiger partial charge >= 0.3 is 6.18 Å². The minimum absolute atomic E-state index is 0.000635. The molecule has 2 heterocycles. The number of hydrogen-bond donors (Lipinski definition) is 2. The van der Waals surface area contributed by atoms with Gasteiger partial charge in [-0.15, -0.1) is 0 Å². The normalized spacial score (nSPS) is 17.5. The quantitative estimate of drug-likeness (QED) is 0.510. The fourth-order valence-corrected chi connectivity index (χ4v) is 6.85. The number of carbonyl (C=O) groups is 2. The number of alkyl halides is 3. The van der Waals surface area contributed by atoms with E-state index in [0.29, 0.717) is 10.6 Å². The largest absolute Gasteiger partial charge is 0.435 e. The average Bonchev–Trinajstić information content (AvgIpc) is 3.51. The number of aromatic nitrogens is 2. The van der Waals surface area contributed by atoms with Gasteiger partial charge in [-0.1, -0.05) is 23.7 Å². The van der Waals surface area contributed by atoms with Crippen LogP contribution in [0.5, 0.6) is 0 Å². The molecule has 2 aromatic rings. The van der Waals surface area contributed by atoms with Gasteiger partial charge in [0.2, 0.25) is 0 Å². The topological polar surface area (TPSA) is 122 Å². The van der Waals surface area contributed by atoms with Crippen molar-refractivity contribution >= 4 is 33.3 Å². The predicted octanol–water partition coefficient (Wildman–Crippen LogP) is 2.66. The molecular weight excluding hydrogens is 537 g/mol. The first-order chi connectivity index (χ1) is 17.1. The molecule has 2 N–H and O–H groups in total. The Kier molecular flexibility index (Phi) is 6.87. The van der Waals surface area contributed by atoms with Gasteiger partial charge in [-0.3, -0.25) is 9.59 Å². The van der Waals surface area contributed by atoms with Crippen LogP contribution in [0.2, 0.25) is 5.02 Å². The Labute approximate surface area is 216 Å². The molecule has 0 spiro atoms. The molecule has 1 aromatic heterocycles. The molecule has 1 aromatic carbocycles. The fraction of sp³-hybridized carbons (Fsp3) is 0.522. The van der Waals surface area contributed by atoms with Gasteiger partial charge < -0.3 is 19.9 Å². The van der Waals surface area contributed by atoms with E-state index in [0.717, 1.165) is 9.47 Å². The van der Waals surface area contributed by atoms with Crippen LogP contribution in [0.4, 0.5) is 13.2 Å². The zero-order chi connectivity index (χ0) is 27.4.